The molecule has 0 radical (unpaired) electrons. The molecule has 3 aromatic rings. The lowest BCUT2D eigenvalue weighted by molar-refractivity contribution is -0.137. The topological polar surface area (TPSA) is 114 Å². The monoisotopic (exact) mass is 497 g/mol. The Kier molecular flexibility index (Phi) is 6.82. The van der Waals surface area contributed by atoms with Crippen molar-refractivity contribution in [2.24, 2.45) is 10.7 Å². The predicted molar refractivity (Wildman–Crippen MR) is 133 cm³/mol. The highest BCUT2D eigenvalue weighted by molar-refractivity contribution is 6.03. The molecule has 0 bridgehead atoms. The summed E-state index contributed by atoms with van der Waals surface area (Å²) in [4.78, 5) is 28.8. The summed E-state index contributed by atoms with van der Waals surface area (Å²) in [5.41, 5.74) is 12.7. The van der Waals surface area contributed by atoms with Crippen molar-refractivity contribution in [2.45, 2.75) is 20.0 Å². The van der Waals surface area contributed by atoms with Crippen LogP contribution in [0.4, 0.5) is 30.5 Å². The SMILES string of the molecule is CC(=O)N1CCN(c2nc(-c3ccccc3C(F)(F)F)nc(N=C(N)c3ccccc3N)c2C)CC1. The van der Waals surface area contributed by atoms with Gasteiger partial charge in [-0.3, -0.25) is 4.79 Å². The van der Waals surface area contributed by atoms with Gasteiger partial charge in [0.2, 0.25) is 5.91 Å². The molecule has 36 heavy (non-hydrogen) atoms. The van der Waals surface area contributed by atoms with Crippen LogP contribution in [-0.4, -0.2) is 52.8 Å². The molecule has 1 saturated heterocycles. The molecule has 0 saturated carbocycles. The van der Waals surface area contributed by atoms with Crippen LogP contribution in [0.15, 0.2) is 53.5 Å². The van der Waals surface area contributed by atoms with E-state index in [1.807, 2.05) is 4.90 Å². The number of halogens is 3. The molecule has 0 unspecified atom stereocenters. The van der Waals surface area contributed by atoms with Gasteiger partial charge in [0.15, 0.2) is 11.6 Å². The van der Waals surface area contributed by atoms with Gasteiger partial charge >= 0.3 is 6.18 Å². The van der Waals surface area contributed by atoms with Crippen LogP contribution < -0.4 is 16.4 Å². The number of benzene rings is 2. The van der Waals surface area contributed by atoms with Crippen molar-refractivity contribution < 1.29 is 18.0 Å². The number of piperazine rings is 1. The minimum absolute atomic E-state index is 0.0348. The first kappa shape index (κ1) is 25.0. The Morgan fingerprint density at radius 2 is 1.64 bits per heavy atom. The lowest BCUT2D eigenvalue weighted by Crippen LogP contribution is -2.48. The van der Waals surface area contributed by atoms with E-state index in [1.54, 1.807) is 36.1 Å². The van der Waals surface area contributed by atoms with E-state index in [-0.39, 0.29) is 28.9 Å². The Labute approximate surface area is 206 Å². The van der Waals surface area contributed by atoms with Crippen molar-refractivity contribution in [2.75, 3.05) is 36.8 Å². The maximum atomic E-state index is 13.8. The lowest BCUT2D eigenvalue weighted by atomic mass is 10.1. The summed E-state index contributed by atoms with van der Waals surface area (Å²) in [7, 11) is 0. The van der Waals surface area contributed by atoms with Crippen molar-refractivity contribution in [3.63, 3.8) is 0 Å². The minimum Gasteiger partial charge on any atom is -0.398 e. The highest BCUT2D eigenvalue weighted by atomic mass is 19.4. The highest BCUT2D eigenvalue weighted by Crippen LogP contribution is 2.38. The predicted octanol–water partition coefficient (Wildman–Crippen LogP) is 3.76. The third-order valence-corrected chi connectivity index (χ3v) is 6.06. The Morgan fingerprint density at radius 1 is 1.00 bits per heavy atom. The number of anilines is 2. The molecule has 0 aliphatic carbocycles. The largest absolute Gasteiger partial charge is 0.417 e. The van der Waals surface area contributed by atoms with Gasteiger partial charge in [0, 0.05) is 55.5 Å². The van der Waals surface area contributed by atoms with Gasteiger partial charge in [0.05, 0.1) is 5.56 Å². The van der Waals surface area contributed by atoms with Crippen LogP contribution >= 0.6 is 0 Å². The fourth-order valence-electron chi connectivity index (χ4n) is 4.09. The second-order valence-corrected chi connectivity index (χ2v) is 8.44. The minimum atomic E-state index is -4.60. The number of para-hydroxylation sites is 1. The number of hydrogen-bond acceptors (Lipinski definition) is 6. The van der Waals surface area contributed by atoms with Crippen LogP contribution in [0, 0.1) is 6.92 Å². The zero-order chi connectivity index (χ0) is 26.0. The van der Waals surface area contributed by atoms with Crippen molar-refractivity contribution >= 4 is 29.1 Å². The number of amides is 1. The van der Waals surface area contributed by atoms with Gasteiger partial charge in [-0.2, -0.15) is 13.2 Å². The third kappa shape index (κ3) is 5.09. The highest BCUT2D eigenvalue weighted by Gasteiger charge is 2.34. The van der Waals surface area contributed by atoms with E-state index in [4.69, 9.17) is 11.5 Å². The molecule has 1 aromatic heterocycles. The molecule has 1 fully saturated rings. The number of alkyl halides is 3. The second-order valence-electron chi connectivity index (χ2n) is 8.44. The quantitative estimate of drug-likeness (QED) is 0.322. The second kappa shape index (κ2) is 9.84. The van der Waals surface area contributed by atoms with Crippen LogP contribution in [0.3, 0.4) is 0 Å². The fourth-order valence-corrected chi connectivity index (χ4v) is 4.09. The molecule has 1 aliphatic heterocycles. The Hall–Kier alpha value is -4.15. The first-order valence-corrected chi connectivity index (χ1v) is 11.3. The average molecular weight is 498 g/mol. The number of carbonyl (C=O) groups excluding carboxylic acids is 1. The number of aliphatic imine (C=N–C) groups is 1. The van der Waals surface area contributed by atoms with E-state index >= 15 is 0 Å². The Morgan fingerprint density at radius 3 is 2.28 bits per heavy atom. The molecule has 4 N–H and O–H groups in total. The molecule has 1 aliphatic rings. The maximum Gasteiger partial charge on any atom is 0.417 e. The van der Waals surface area contributed by atoms with Gasteiger partial charge in [-0.1, -0.05) is 30.3 Å². The van der Waals surface area contributed by atoms with Gasteiger partial charge in [-0.25, -0.2) is 15.0 Å². The van der Waals surface area contributed by atoms with Crippen LogP contribution in [0.5, 0.6) is 0 Å². The average Bonchev–Trinajstić information content (AvgIpc) is 2.85. The van der Waals surface area contributed by atoms with Gasteiger partial charge in [-0.15, -0.1) is 0 Å². The first-order valence-electron chi connectivity index (χ1n) is 11.3. The number of carbonyl (C=O) groups is 1. The van der Waals surface area contributed by atoms with Crippen molar-refractivity contribution in [1.82, 2.24) is 14.9 Å². The summed E-state index contributed by atoms with van der Waals surface area (Å²) in [5, 5.41) is 0. The first-order chi connectivity index (χ1) is 17.1. The summed E-state index contributed by atoms with van der Waals surface area (Å²) >= 11 is 0. The van der Waals surface area contributed by atoms with Gasteiger partial charge < -0.3 is 21.3 Å². The van der Waals surface area contributed by atoms with Crippen LogP contribution in [0.25, 0.3) is 11.4 Å². The zero-order valence-electron chi connectivity index (χ0n) is 19.9. The molecule has 2 heterocycles. The van der Waals surface area contributed by atoms with E-state index in [2.05, 4.69) is 15.0 Å². The van der Waals surface area contributed by atoms with Crippen LogP contribution in [-0.2, 0) is 11.0 Å². The van der Waals surface area contributed by atoms with E-state index in [0.29, 0.717) is 48.8 Å². The summed E-state index contributed by atoms with van der Waals surface area (Å²) in [6.45, 7) is 5.10. The van der Waals surface area contributed by atoms with Crippen molar-refractivity contribution in [1.29, 1.82) is 0 Å². The number of nitrogen functional groups attached to an aromatic ring is 1. The van der Waals surface area contributed by atoms with Crippen molar-refractivity contribution in [3.8, 4) is 11.4 Å². The molecule has 0 spiro atoms. The maximum absolute atomic E-state index is 13.8. The van der Waals surface area contributed by atoms with E-state index in [0.717, 1.165) is 6.07 Å². The third-order valence-electron chi connectivity index (χ3n) is 6.06. The van der Waals surface area contributed by atoms with E-state index in [9.17, 15) is 18.0 Å². The molecular formula is C25H26F3N7O. The summed E-state index contributed by atoms with van der Waals surface area (Å²) < 4.78 is 41.4. The molecule has 1 amide bonds. The lowest BCUT2D eigenvalue weighted by Gasteiger charge is -2.35. The molecule has 188 valence electrons. The van der Waals surface area contributed by atoms with Gasteiger partial charge in [-0.05, 0) is 25.1 Å². The Bertz CT molecular complexity index is 1320. The number of nitrogens with two attached hydrogens (primary N) is 2. The number of hydrogen-bond donors (Lipinski definition) is 2. The van der Waals surface area contributed by atoms with Crippen LogP contribution in [0.2, 0.25) is 0 Å². The van der Waals surface area contributed by atoms with E-state index in [1.165, 1.54) is 25.1 Å². The summed E-state index contributed by atoms with van der Waals surface area (Å²) in [6, 6.07) is 12.0. The van der Waals surface area contributed by atoms with Crippen LogP contribution in [0.1, 0.15) is 23.6 Å². The molecule has 8 nitrogen and oxygen atoms in total. The molecule has 0 atom stereocenters. The molecular weight excluding hydrogens is 471 g/mol. The fraction of sp³-hybridized carbons (Fsp3) is 0.280. The molecule has 4 rings (SSSR count). The zero-order valence-corrected chi connectivity index (χ0v) is 19.9. The van der Waals surface area contributed by atoms with E-state index < -0.39 is 11.7 Å². The van der Waals surface area contributed by atoms with Crippen molar-refractivity contribution in [3.05, 3.63) is 65.2 Å². The smallest absolute Gasteiger partial charge is 0.398 e. The number of aromatic nitrogens is 2. The number of rotatable bonds is 4. The Balaban J connectivity index is 1.86. The standard InChI is InChI=1S/C25H26F3N7O/c1-15-22(31-21(30)18-8-4-6-10-20(18)29)32-23(17-7-3-5-9-19(17)25(26,27)28)33-24(15)35-13-11-34(12-14-35)16(2)36/h3-10H,11-14,29H2,1-2H3,(H2,30,31,32,33). The van der Waals surface area contributed by atoms with Gasteiger partial charge in [0.1, 0.15) is 11.7 Å². The molecule has 11 heteroatoms. The molecule has 2 aromatic carbocycles. The normalized spacial score (nSPS) is 14.8. The summed E-state index contributed by atoms with van der Waals surface area (Å²) in [5.74, 6) is 0.504. The summed E-state index contributed by atoms with van der Waals surface area (Å²) in [6.07, 6.45) is -4.60. The van der Waals surface area contributed by atoms with Gasteiger partial charge in [0.25, 0.3) is 0 Å². The number of amidine groups is 1. The number of nitrogens with zero attached hydrogens (tertiary/aromatic N) is 5.